The van der Waals surface area contributed by atoms with E-state index in [9.17, 15) is 14.4 Å². The molecule has 0 unspecified atom stereocenters. The Morgan fingerprint density at radius 1 is 1.22 bits per heavy atom. The molecular weight excluding hydrogens is 294 g/mol. The van der Waals surface area contributed by atoms with E-state index < -0.39 is 11.6 Å². The molecule has 0 radical (unpaired) electrons. The molecule has 2 aliphatic rings. The van der Waals surface area contributed by atoms with E-state index in [0.717, 1.165) is 5.56 Å². The lowest BCUT2D eigenvalue weighted by atomic mass is 9.87. The molecule has 2 saturated heterocycles. The predicted octanol–water partition coefficient (Wildman–Crippen LogP) is 1.24. The van der Waals surface area contributed by atoms with Crippen LogP contribution >= 0.6 is 0 Å². The van der Waals surface area contributed by atoms with Crippen molar-refractivity contribution in [2.45, 2.75) is 31.7 Å². The number of likely N-dealkylation sites (tertiary alicyclic amines) is 1. The number of urea groups is 1. The quantitative estimate of drug-likeness (QED) is 0.824. The molecule has 2 aliphatic heterocycles. The van der Waals surface area contributed by atoms with Crippen molar-refractivity contribution in [1.29, 1.82) is 0 Å². The van der Waals surface area contributed by atoms with Crippen molar-refractivity contribution in [2.24, 2.45) is 5.92 Å². The minimum Gasteiger partial charge on any atom is -0.339 e. The van der Waals surface area contributed by atoms with Crippen molar-refractivity contribution in [3.63, 3.8) is 0 Å². The van der Waals surface area contributed by atoms with Gasteiger partial charge in [-0.3, -0.25) is 14.9 Å². The largest absolute Gasteiger partial charge is 0.339 e. The van der Waals surface area contributed by atoms with Crippen LogP contribution in [0.3, 0.4) is 0 Å². The minimum absolute atomic E-state index is 0.0111. The molecule has 23 heavy (non-hydrogen) atoms. The van der Waals surface area contributed by atoms with Gasteiger partial charge in [0.05, 0.1) is 12.5 Å². The first-order chi connectivity index (χ1) is 10.9. The number of imide groups is 1. The Labute approximate surface area is 135 Å². The van der Waals surface area contributed by atoms with Crippen LogP contribution in [0.5, 0.6) is 0 Å². The Bertz CT molecular complexity index is 644. The van der Waals surface area contributed by atoms with Gasteiger partial charge in [-0.1, -0.05) is 44.2 Å². The summed E-state index contributed by atoms with van der Waals surface area (Å²) in [6, 6.07) is 9.21. The van der Waals surface area contributed by atoms with E-state index in [1.807, 2.05) is 44.2 Å². The molecule has 122 valence electrons. The van der Waals surface area contributed by atoms with Crippen LogP contribution in [0.2, 0.25) is 0 Å². The number of nitrogens with one attached hydrogen (secondary N) is 2. The molecule has 3 rings (SSSR count). The van der Waals surface area contributed by atoms with Crippen molar-refractivity contribution in [1.82, 2.24) is 15.5 Å². The summed E-state index contributed by atoms with van der Waals surface area (Å²) in [6.45, 7) is 4.75. The summed E-state index contributed by atoms with van der Waals surface area (Å²) < 4.78 is 0. The summed E-state index contributed by atoms with van der Waals surface area (Å²) in [7, 11) is 0. The van der Waals surface area contributed by atoms with E-state index in [-0.39, 0.29) is 30.2 Å². The van der Waals surface area contributed by atoms with Crippen LogP contribution in [-0.4, -0.2) is 41.4 Å². The molecule has 2 N–H and O–H groups in total. The first kappa shape index (κ1) is 15.5. The molecule has 2 atom stereocenters. The number of hydrogen-bond donors (Lipinski definition) is 2. The fourth-order valence-corrected chi connectivity index (χ4v) is 3.48. The lowest BCUT2D eigenvalue weighted by molar-refractivity contribution is -0.133. The van der Waals surface area contributed by atoms with Crippen LogP contribution in [-0.2, 0) is 9.59 Å². The van der Waals surface area contributed by atoms with Gasteiger partial charge in [0.2, 0.25) is 5.91 Å². The number of rotatable bonds is 3. The number of benzene rings is 1. The zero-order valence-corrected chi connectivity index (χ0v) is 13.3. The molecule has 0 bridgehead atoms. The van der Waals surface area contributed by atoms with Crippen LogP contribution in [0.1, 0.15) is 31.7 Å². The Balaban J connectivity index is 1.80. The summed E-state index contributed by atoms with van der Waals surface area (Å²) in [4.78, 5) is 38.1. The van der Waals surface area contributed by atoms with Crippen LogP contribution in [0, 0.1) is 5.92 Å². The van der Waals surface area contributed by atoms with Gasteiger partial charge in [0.1, 0.15) is 5.54 Å². The summed E-state index contributed by atoms with van der Waals surface area (Å²) in [5, 5.41) is 4.94. The van der Waals surface area contributed by atoms with Gasteiger partial charge in [0.25, 0.3) is 5.91 Å². The molecule has 1 spiro atoms. The van der Waals surface area contributed by atoms with E-state index >= 15 is 0 Å². The Morgan fingerprint density at radius 2 is 1.91 bits per heavy atom. The van der Waals surface area contributed by atoms with Gasteiger partial charge in [-0.15, -0.1) is 0 Å². The number of nitrogens with zero attached hydrogens (tertiary/aromatic N) is 1. The van der Waals surface area contributed by atoms with Crippen LogP contribution in [0.4, 0.5) is 4.79 Å². The minimum atomic E-state index is -0.953. The highest BCUT2D eigenvalue weighted by Crippen LogP contribution is 2.31. The van der Waals surface area contributed by atoms with Crippen molar-refractivity contribution in [3.8, 4) is 0 Å². The first-order valence-corrected chi connectivity index (χ1v) is 7.90. The van der Waals surface area contributed by atoms with Gasteiger partial charge in [0.15, 0.2) is 0 Å². The third kappa shape index (κ3) is 2.69. The van der Waals surface area contributed by atoms with E-state index in [2.05, 4.69) is 10.6 Å². The maximum atomic E-state index is 13.0. The Hall–Kier alpha value is -2.37. The van der Waals surface area contributed by atoms with Crippen molar-refractivity contribution >= 4 is 17.8 Å². The van der Waals surface area contributed by atoms with Crippen LogP contribution in [0.15, 0.2) is 30.3 Å². The second kappa shape index (κ2) is 5.68. The van der Waals surface area contributed by atoms with Crippen molar-refractivity contribution < 1.29 is 14.4 Å². The average molecular weight is 315 g/mol. The summed E-state index contributed by atoms with van der Waals surface area (Å²) >= 11 is 0. The molecule has 0 aliphatic carbocycles. The lowest BCUT2D eigenvalue weighted by Gasteiger charge is -2.27. The van der Waals surface area contributed by atoms with E-state index in [4.69, 9.17) is 0 Å². The predicted molar refractivity (Wildman–Crippen MR) is 84.6 cm³/mol. The van der Waals surface area contributed by atoms with Gasteiger partial charge < -0.3 is 10.2 Å². The van der Waals surface area contributed by atoms with Crippen molar-refractivity contribution in [3.05, 3.63) is 35.9 Å². The normalized spacial score (nSPS) is 24.9. The molecule has 0 saturated carbocycles. The van der Waals surface area contributed by atoms with E-state index in [0.29, 0.717) is 13.0 Å². The van der Waals surface area contributed by atoms with Crippen LogP contribution < -0.4 is 10.6 Å². The molecule has 1 aromatic rings. The topological polar surface area (TPSA) is 78.5 Å². The molecule has 6 nitrogen and oxygen atoms in total. The fraction of sp³-hybridized carbons (Fsp3) is 0.471. The number of carbonyl (C=O) groups excluding carboxylic acids is 3. The van der Waals surface area contributed by atoms with Gasteiger partial charge in [-0.25, -0.2) is 4.79 Å². The average Bonchev–Trinajstić information content (AvgIpc) is 3.04. The zero-order valence-electron chi connectivity index (χ0n) is 13.3. The maximum Gasteiger partial charge on any atom is 0.322 e. The number of carbonyl (C=O) groups is 3. The zero-order chi connectivity index (χ0) is 16.6. The highest BCUT2D eigenvalue weighted by Gasteiger charge is 2.52. The molecule has 2 heterocycles. The fourth-order valence-electron chi connectivity index (χ4n) is 3.48. The number of hydrogen-bond acceptors (Lipinski definition) is 3. The second-order valence-corrected chi connectivity index (χ2v) is 6.63. The molecule has 2 fully saturated rings. The van der Waals surface area contributed by atoms with Crippen molar-refractivity contribution in [2.75, 3.05) is 13.1 Å². The summed E-state index contributed by atoms with van der Waals surface area (Å²) in [5.74, 6) is -0.421. The smallest absolute Gasteiger partial charge is 0.322 e. The molecular formula is C17H21N3O3. The number of amides is 4. The van der Waals surface area contributed by atoms with E-state index in [1.54, 1.807) is 4.90 Å². The standard InChI is InChI=1S/C17H21N3O3/c1-11(2)13(12-6-4-3-5-7-12)14(21)20-9-8-17(10-20)15(22)18-16(23)19-17/h3-7,11,13H,8-10H2,1-2H3,(H2,18,19,22,23)/t13-,17-/m0/s1. The maximum absolute atomic E-state index is 13.0. The SMILES string of the molecule is CC(C)[C@H](C(=O)N1CC[C@@]2(C1)NC(=O)NC2=O)c1ccccc1. The Kier molecular flexibility index (Phi) is 3.83. The first-order valence-electron chi connectivity index (χ1n) is 7.90. The monoisotopic (exact) mass is 315 g/mol. The summed E-state index contributed by atoms with van der Waals surface area (Å²) in [5.41, 5.74) is 0.0266. The summed E-state index contributed by atoms with van der Waals surface area (Å²) in [6.07, 6.45) is 0.454. The van der Waals surface area contributed by atoms with Gasteiger partial charge in [-0.05, 0) is 17.9 Å². The van der Waals surface area contributed by atoms with Gasteiger partial charge in [0, 0.05) is 6.54 Å². The highest BCUT2D eigenvalue weighted by molar-refractivity contribution is 6.07. The molecule has 6 heteroatoms. The van der Waals surface area contributed by atoms with Gasteiger partial charge in [-0.2, -0.15) is 0 Å². The molecule has 1 aromatic carbocycles. The highest BCUT2D eigenvalue weighted by atomic mass is 16.2. The van der Waals surface area contributed by atoms with Gasteiger partial charge >= 0.3 is 6.03 Å². The third-order valence-electron chi connectivity index (χ3n) is 4.69. The Morgan fingerprint density at radius 3 is 2.48 bits per heavy atom. The second-order valence-electron chi connectivity index (χ2n) is 6.63. The van der Waals surface area contributed by atoms with Crippen LogP contribution in [0.25, 0.3) is 0 Å². The molecule has 0 aromatic heterocycles. The third-order valence-corrected chi connectivity index (χ3v) is 4.69. The lowest BCUT2D eigenvalue weighted by Crippen LogP contribution is -2.50. The van der Waals surface area contributed by atoms with E-state index in [1.165, 1.54) is 0 Å². The molecule has 4 amide bonds.